The van der Waals surface area contributed by atoms with Gasteiger partial charge in [0.05, 0.1) is 12.6 Å². The first-order chi connectivity index (χ1) is 11.9. The van der Waals surface area contributed by atoms with E-state index in [1.54, 1.807) is 15.8 Å². The lowest BCUT2D eigenvalue weighted by molar-refractivity contribution is -0.140. The molecule has 2 saturated heterocycles. The fourth-order valence-electron chi connectivity index (χ4n) is 2.95. The topological polar surface area (TPSA) is 94.0 Å². The quantitative estimate of drug-likeness (QED) is 0.773. The molecule has 1 atom stereocenters. The number of carbonyl (C=O) groups excluding carboxylic acids is 3. The van der Waals surface area contributed by atoms with Gasteiger partial charge in [-0.05, 0) is 26.3 Å². The molecule has 2 aliphatic heterocycles. The molecular formula is C16H22N4O5. The Balaban J connectivity index is 1.62. The van der Waals surface area contributed by atoms with E-state index in [4.69, 9.17) is 9.47 Å². The molecule has 9 nitrogen and oxygen atoms in total. The summed E-state index contributed by atoms with van der Waals surface area (Å²) in [5, 5.41) is 4.15. The van der Waals surface area contributed by atoms with E-state index in [2.05, 4.69) is 5.10 Å². The summed E-state index contributed by atoms with van der Waals surface area (Å²) >= 11 is 0. The molecule has 0 bridgehead atoms. The van der Waals surface area contributed by atoms with Gasteiger partial charge in [-0.15, -0.1) is 0 Å². The number of imide groups is 1. The Bertz CT molecular complexity index is 657. The first-order valence-corrected chi connectivity index (χ1v) is 8.28. The fourth-order valence-corrected chi connectivity index (χ4v) is 2.95. The molecule has 2 aliphatic rings. The van der Waals surface area contributed by atoms with E-state index in [0.29, 0.717) is 32.7 Å². The van der Waals surface area contributed by atoms with Crippen LogP contribution in [0.2, 0.25) is 0 Å². The molecule has 0 unspecified atom stereocenters. The van der Waals surface area contributed by atoms with E-state index >= 15 is 0 Å². The van der Waals surface area contributed by atoms with Crippen LogP contribution in [-0.2, 0) is 25.6 Å². The molecule has 0 radical (unpaired) electrons. The summed E-state index contributed by atoms with van der Waals surface area (Å²) in [5.41, 5.74) is -1.22. The molecule has 0 spiro atoms. The van der Waals surface area contributed by atoms with Gasteiger partial charge in [0.25, 0.3) is 5.91 Å². The van der Waals surface area contributed by atoms with Gasteiger partial charge in [0.1, 0.15) is 6.54 Å². The molecular weight excluding hydrogens is 328 g/mol. The van der Waals surface area contributed by atoms with Crippen LogP contribution in [0.25, 0.3) is 0 Å². The fraction of sp³-hybridized carbons (Fsp3) is 0.625. The van der Waals surface area contributed by atoms with Crippen molar-refractivity contribution in [1.29, 1.82) is 0 Å². The third kappa shape index (κ3) is 3.81. The highest BCUT2D eigenvalue weighted by atomic mass is 16.6. The van der Waals surface area contributed by atoms with Crippen LogP contribution in [0.5, 0.6) is 0 Å². The van der Waals surface area contributed by atoms with Gasteiger partial charge in [0.15, 0.2) is 5.60 Å². The SMILES string of the molecule is CC1(C)OC(=O)N(CC(=O)N2CCCO[C@H](Cn3cccn3)C2)C1=O. The van der Waals surface area contributed by atoms with E-state index in [1.807, 2.05) is 12.3 Å². The van der Waals surface area contributed by atoms with Gasteiger partial charge < -0.3 is 14.4 Å². The lowest BCUT2D eigenvalue weighted by Crippen LogP contribution is -2.46. The van der Waals surface area contributed by atoms with Crippen LogP contribution < -0.4 is 0 Å². The van der Waals surface area contributed by atoms with E-state index < -0.39 is 17.6 Å². The number of carbonyl (C=O) groups is 3. The molecule has 0 aromatic carbocycles. The van der Waals surface area contributed by atoms with Crippen molar-refractivity contribution in [2.24, 2.45) is 0 Å². The van der Waals surface area contributed by atoms with Crippen molar-refractivity contribution in [3.05, 3.63) is 18.5 Å². The zero-order chi connectivity index (χ0) is 18.0. The largest absolute Gasteiger partial charge is 0.433 e. The minimum absolute atomic E-state index is 0.191. The Kier molecular flexibility index (Phi) is 4.76. The Morgan fingerprint density at radius 1 is 1.40 bits per heavy atom. The number of cyclic esters (lactones) is 1. The lowest BCUT2D eigenvalue weighted by Gasteiger charge is -2.25. The second-order valence-electron chi connectivity index (χ2n) is 6.68. The summed E-state index contributed by atoms with van der Waals surface area (Å²) in [7, 11) is 0. The van der Waals surface area contributed by atoms with Gasteiger partial charge in [0, 0.05) is 32.1 Å². The molecule has 1 aromatic rings. The van der Waals surface area contributed by atoms with Crippen molar-refractivity contribution >= 4 is 17.9 Å². The molecule has 3 amide bonds. The van der Waals surface area contributed by atoms with Crippen LogP contribution in [0.15, 0.2) is 18.5 Å². The number of hydrogen-bond donors (Lipinski definition) is 0. The third-order valence-corrected chi connectivity index (χ3v) is 4.27. The highest BCUT2D eigenvalue weighted by Crippen LogP contribution is 2.23. The maximum atomic E-state index is 12.6. The second-order valence-corrected chi connectivity index (χ2v) is 6.68. The monoisotopic (exact) mass is 350 g/mol. The molecule has 1 aromatic heterocycles. The Labute approximate surface area is 145 Å². The second kappa shape index (κ2) is 6.83. The standard InChI is InChI=1S/C16H22N4O5/c1-16(2)14(22)20(15(23)25-16)11-13(21)18-6-4-8-24-12(9-18)10-19-7-3-5-17-19/h3,5,7,12H,4,6,8-11H2,1-2H3/t12-/m0/s1. The summed E-state index contributed by atoms with van der Waals surface area (Å²) in [6, 6.07) is 1.83. The van der Waals surface area contributed by atoms with Crippen molar-refractivity contribution < 1.29 is 23.9 Å². The van der Waals surface area contributed by atoms with E-state index in [0.717, 1.165) is 4.90 Å². The van der Waals surface area contributed by atoms with Crippen molar-refractivity contribution in [2.45, 2.75) is 38.5 Å². The van der Waals surface area contributed by atoms with E-state index in [1.165, 1.54) is 13.8 Å². The Morgan fingerprint density at radius 3 is 2.84 bits per heavy atom. The zero-order valence-corrected chi connectivity index (χ0v) is 14.4. The number of hydrogen-bond acceptors (Lipinski definition) is 6. The molecule has 3 rings (SSSR count). The molecule has 0 N–H and O–H groups in total. The van der Waals surface area contributed by atoms with Gasteiger partial charge in [-0.3, -0.25) is 14.3 Å². The summed E-state index contributed by atoms with van der Waals surface area (Å²) in [6.45, 7) is 4.71. The normalized spacial score (nSPS) is 23.5. The van der Waals surface area contributed by atoms with Gasteiger partial charge in [-0.2, -0.15) is 5.10 Å². The van der Waals surface area contributed by atoms with Crippen LogP contribution >= 0.6 is 0 Å². The van der Waals surface area contributed by atoms with Gasteiger partial charge in [-0.1, -0.05) is 0 Å². The first kappa shape index (κ1) is 17.4. The van der Waals surface area contributed by atoms with Crippen molar-refractivity contribution in [3.8, 4) is 0 Å². The number of nitrogens with zero attached hydrogens (tertiary/aromatic N) is 4. The Hall–Kier alpha value is -2.42. The predicted octanol–water partition coefficient (Wildman–Crippen LogP) is 0.258. The number of ether oxygens (including phenoxy) is 2. The average Bonchev–Trinajstić information content (AvgIpc) is 3.02. The van der Waals surface area contributed by atoms with Crippen LogP contribution in [0.4, 0.5) is 4.79 Å². The maximum Gasteiger partial charge on any atom is 0.418 e. The molecule has 0 saturated carbocycles. The van der Waals surface area contributed by atoms with E-state index in [-0.39, 0.29) is 18.6 Å². The zero-order valence-electron chi connectivity index (χ0n) is 14.4. The predicted molar refractivity (Wildman–Crippen MR) is 85.4 cm³/mol. The minimum Gasteiger partial charge on any atom is -0.433 e. The van der Waals surface area contributed by atoms with Crippen LogP contribution in [0.3, 0.4) is 0 Å². The molecule has 136 valence electrons. The van der Waals surface area contributed by atoms with Gasteiger partial charge in [-0.25, -0.2) is 9.69 Å². The maximum absolute atomic E-state index is 12.6. The molecule has 9 heteroatoms. The highest BCUT2D eigenvalue weighted by molar-refractivity contribution is 6.04. The van der Waals surface area contributed by atoms with Gasteiger partial charge in [0.2, 0.25) is 5.91 Å². The van der Waals surface area contributed by atoms with Crippen molar-refractivity contribution in [3.63, 3.8) is 0 Å². The van der Waals surface area contributed by atoms with Crippen LogP contribution in [0, 0.1) is 0 Å². The smallest absolute Gasteiger partial charge is 0.418 e. The van der Waals surface area contributed by atoms with Gasteiger partial charge >= 0.3 is 6.09 Å². The molecule has 0 aliphatic carbocycles. The molecule has 25 heavy (non-hydrogen) atoms. The molecule has 2 fully saturated rings. The Morgan fingerprint density at radius 2 is 2.20 bits per heavy atom. The highest BCUT2D eigenvalue weighted by Gasteiger charge is 2.48. The summed E-state index contributed by atoms with van der Waals surface area (Å²) < 4.78 is 12.5. The van der Waals surface area contributed by atoms with E-state index in [9.17, 15) is 14.4 Å². The summed E-state index contributed by atoms with van der Waals surface area (Å²) in [4.78, 5) is 39.1. The third-order valence-electron chi connectivity index (χ3n) is 4.27. The van der Waals surface area contributed by atoms with Crippen molar-refractivity contribution in [1.82, 2.24) is 19.6 Å². The summed E-state index contributed by atoms with van der Waals surface area (Å²) in [6.07, 6.45) is 3.25. The van der Waals surface area contributed by atoms with Crippen molar-refractivity contribution in [2.75, 3.05) is 26.2 Å². The van der Waals surface area contributed by atoms with Crippen LogP contribution in [-0.4, -0.2) is 75.4 Å². The number of rotatable bonds is 4. The number of aromatic nitrogens is 2. The molecule has 3 heterocycles. The average molecular weight is 350 g/mol. The van der Waals surface area contributed by atoms with Crippen LogP contribution in [0.1, 0.15) is 20.3 Å². The minimum atomic E-state index is -1.22. The number of amides is 3. The first-order valence-electron chi connectivity index (χ1n) is 8.28. The summed E-state index contributed by atoms with van der Waals surface area (Å²) in [5.74, 6) is -0.788. The lowest BCUT2D eigenvalue weighted by atomic mass is 10.1.